The van der Waals surface area contributed by atoms with Crippen molar-refractivity contribution in [3.8, 4) is 0 Å². The van der Waals surface area contributed by atoms with Gasteiger partial charge in [0.25, 0.3) is 5.91 Å². The van der Waals surface area contributed by atoms with Crippen LogP contribution in [0.25, 0.3) is 0 Å². The minimum absolute atomic E-state index is 0.0895. The number of morpholine rings is 1. The molecule has 0 bridgehead atoms. The molecule has 2 atom stereocenters. The Labute approximate surface area is 117 Å². The SMILES string of the molecule is O=C(O)c1cccc(C(=O)N2CCO[C@H]3CCC[C@@H]32)c1. The van der Waals surface area contributed by atoms with E-state index in [0.717, 1.165) is 19.3 Å². The summed E-state index contributed by atoms with van der Waals surface area (Å²) in [5.41, 5.74) is 0.588. The Morgan fingerprint density at radius 1 is 1.25 bits per heavy atom. The van der Waals surface area contributed by atoms with E-state index >= 15 is 0 Å². The Morgan fingerprint density at radius 3 is 2.85 bits per heavy atom. The average Bonchev–Trinajstić information content (AvgIpc) is 2.95. The van der Waals surface area contributed by atoms with Crippen molar-refractivity contribution < 1.29 is 19.4 Å². The summed E-state index contributed by atoms with van der Waals surface area (Å²) in [7, 11) is 0. The number of aromatic carboxylic acids is 1. The lowest BCUT2D eigenvalue weighted by Crippen LogP contribution is -2.51. The highest BCUT2D eigenvalue weighted by atomic mass is 16.5. The van der Waals surface area contributed by atoms with E-state index in [-0.39, 0.29) is 23.6 Å². The quantitative estimate of drug-likeness (QED) is 0.893. The van der Waals surface area contributed by atoms with E-state index in [1.165, 1.54) is 12.1 Å². The van der Waals surface area contributed by atoms with E-state index in [4.69, 9.17) is 9.84 Å². The van der Waals surface area contributed by atoms with Crippen LogP contribution < -0.4 is 0 Å². The summed E-state index contributed by atoms with van der Waals surface area (Å²) >= 11 is 0. The number of fused-ring (bicyclic) bond motifs is 1. The zero-order valence-corrected chi connectivity index (χ0v) is 11.1. The first-order valence-electron chi connectivity index (χ1n) is 6.93. The lowest BCUT2D eigenvalue weighted by molar-refractivity contribution is -0.0445. The van der Waals surface area contributed by atoms with Gasteiger partial charge in [0.2, 0.25) is 0 Å². The number of ether oxygens (including phenoxy) is 1. The number of amides is 1. The molecule has 106 valence electrons. The molecule has 2 fully saturated rings. The van der Waals surface area contributed by atoms with Gasteiger partial charge in [-0.1, -0.05) is 6.07 Å². The van der Waals surface area contributed by atoms with Gasteiger partial charge in [0.05, 0.1) is 24.3 Å². The number of hydrogen-bond donors (Lipinski definition) is 1. The molecule has 0 spiro atoms. The second-order valence-electron chi connectivity index (χ2n) is 5.29. The highest BCUT2D eigenvalue weighted by molar-refractivity contribution is 5.97. The summed E-state index contributed by atoms with van der Waals surface area (Å²) in [6.45, 7) is 1.14. The molecule has 3 rings (SSSR count). The standard InChI is InChI=1S/C15H17NO4/c17-14(10-3-1-4-11(9-10)15(18)19)16-7-8-20-13-6-2-5-12(13)16/h1,3-4,9,12-13H,2,5-8H2,(H,18,19)/t12-,13-/m0/s1. The van der Waals surface area contributed by atoms with Gasteiger partial charge in [0, 0.05) is 12.1 Å². The number of carbonyl (C=O) groups excluding carboxylic acids is 1. The fourth-order valence-electron chi connectivity index (χ4n) is 3.13. The van der Waals surface area contributed by atoms with E-state index in [2.05, 4.69) is 0 Å². The number of hydrogen-bond acceptors (Lipinski definition) is 3. The van der Waals surface area contributed by atoms with Crippen molar-refractivity contribution >= 4 is 11.9 Å². The first-order chi connectivity index (χ1) is 9.66. The Bertz CT molecular complexity index is 542. The Balaban J connectivity index is 1.84. The number of rotatable bonds is 2. The van der Waals surface area contributed by atoms with Crippen LogP contribution in [0.1, 0.15) is 40.0 Å². The van der Waals surface area contributed by atoms with Crippen LogP contribution >= 0.6 is 0 Å². The van der Waals surface area contributed by atoms with Crippen LogP contribution in [-0.2, 0) is 4.74 Å². The smallest absolute Gasteiger partial charge is 0.335 e. The molecule has 2 aliphatic rings. The van der Waals surface area contributed by atoms with Crippen LogP contribution in [0.3, 0.4) is 0 Å². The third-order valence-electron chi connectivity index (χ3n) is 4.10. The average molecular weight is 275 g/mol. The van der Waals surface area contributed by atoms with E-state index in [9.17, 15) is 9.59 Å². The molecule has 1 aromatic rings. The summed E-state index contributed by atoms with van der Waals surface area (Å²) in [4.78, 5) is 25.4. The fourth-order valence-corrected chi connectivity index (χ4v) is 3.13. The van der Waals surface area contributed by atoms with Gasteiger partial charge in [-0.05, 0) is 37.5 Å². The number of carboxylic acids is 1. The third kappa shape index (κ3) is 2.29. The van der Waals surface area contributed by atoms with Crippen LogP contribution in [0.5, 0.6) is 0 Å². The molecule has 1 amide bonds. The van der Waals surface area contributed by atoms with E-state index in [1.807, 2.05) is 4.90 Å². The minimum Gasteiger partial charge on any atom is -0.478 e. The van der Waals surface area contributed by atoms with Gasteiger partial charge < -0.3 is 14.7 Å². The zero-order chi connectivity index (χ0) is 14.1. The molecule has 1 aliphatic heterocycles. The first kappa shape index (κ1) is 13.1. The van der Waals surface area contributed by atoms with Crippen molar-refractivity contribution in [1.82, 2.24) is 4.90 Å². The van der Waals surface area contributed by atoms with Crippen LogP contribution in [0.15, 0.2) is 24.3 Å². The fraction of sp³-hybridized carbons (Fsp3) is 0.467. The van der Waals surface area contributed by atoms with Gasteiger partial charge in [-0.3, -0.25) is 4.79 Å². The molecule has 5 nitrogen and oxygen atoms in total. The Kier molecular flexibility index (Phi) is 3.44. The molecule has 1 N–H and O–H groups in total. The summed E-state index contributed by atoms with van der Waals surface area (Å²) < 4.78 is 5.69. The summed E-state index contributed by atoms with van der Waals surface area (Å²) in [6, 6.07) is 6.38. The molecule has 0 unspecified atom stereocenters. The third-order valence-corrected chi connectivity index (χ3v) is 4.10. The van der Waals surface area contributed by atoms with Gasteiger partial charge in [-0.15, -0.1) is 0 Å². The monoisotopic (exact) mass is 275 g/mol. The normalized spacial score (nSPS) is 25.3. The molecule has 20 heavy (non-hydrogen) atoms. The maximum Gasteiger partial charge on any atom is 0.335 e. The van der Waals surface area contributed by atoms with Crippen LogP contribution in [0.2, 0.25) is 0 Å². The molecular formula is C15H17NO4. The topological polar surface area (TPSA) is 66.8 Å². The van der Waals surface area contributed by atoms with Gasteiger partial charge in [-0.2, -0.15) is 0 Å². The van der Waals surface area contributed by atoms with E-state index in [0.29, 0.717) is 18.7 Å². The van der Waals surface area contributed by atoms with Crippen LogP contribution in [-0.4, -0.2) is 47.2 Å². The zero-order valence-electron chi connectivity index (χ0n) is 11.1. The lowest BCUT2D eigenvalue weighted by atomic mass is 10.1. The Hall–Kier alpha value is -1.88. The predicted molar refractivity (Wildman–Crippen MR) is 71.8 cm³/mol. The Morgan fingerprint density at radius 2 is 2.05 bits per heavy atom. The lowest BCUT2D eigenvalue weighted by Gasteiger charge is -2.37. The largest absolute Gasteiger partial charge is 0.478 e. The van der Waals surface area contributed by atoms with Crippen molar-refractivity contribution in [3.05, 3.63) is 35.4 Å². The van der Waals surface area contributed by atoms with Crippen molar-refractivity contribution in [2.75, 3.05) is 13.2 Å². The van der Waals surface area contributed by atoms with Crippen molar-refractivity contribution in [2.24, 2.45) is 0 Å². The van der Waals surface area contributed by atoms with Gasteiger partial charge in [-0.25, -0.2) is 4.79 Å². The number of benzene rings is 1. The summed E-state index contributed by atoms with van der Waals surface area (Å²) in [6.07, 6.45) is 3.20. The maximum atomic E-state index is 12.6. The number of carboxylic acid groups (broad SMARTS) is 1. The maximum absolute atomic E-state index is 12.6. The van der Waals surface area contributed by atoms with Crippen LogP contribution in [0, 0.1) is 0 Å². The molecule has 1 heterocycles. The van der Waals surface area contributed by atoms with Crippen molar-refractivity contribution in [3.63, 3.8) is 0 Å². The number of carbonyl (C=O) groups is 2. The van der Waals surface area contributed by atoms with E-state index in [1.54, 1.807) is 12.1 Å². The predicted octanol–water partition coefficient (Wildman–Crippen LogP) is 1.78. The molecule has 1 saturated heterocycles. The summed E-state index contributed by atoms with van der Waals surface area (Å²) in [5, 5.41) is 9.01. The molecule has 1 aliphatic carbocycles. The molecule has 0 aromatic heterocycles. The highest BCUT2D eigenvalue weighted by Crippen LogP contribution is 2.30. The van der Waals surface area contributed by atoms with Gasteiger partial charge >= 0.3 is 5.97 Å². The second-order valence-corrected chi connectivity index (χ2v) is 5.29. The van der Waals surface area contributed by atoms with Crippen LogP contribution in [0.4, 0.5) is 0 Å². The number of nitrogens with zero attached hydrogens (tertiary/aromatic N) is 1. The van der Waals surface area contributed by atoms with E-state index < -0.39 is 5.97 Å². The highest BCUT2D eigenvalue weighted by Gasteiger charge is 2.38. The summed E-state index contributed by atoms with van der Waals surface area (Å²) in [5.74, 6) is -1.10. The van der Waals surface area contributed by atoms with Gasteiger partial charge in [0.15, 0.2) is 0 Å². The molecule has 5 heteroatoms. The molecule has 1 saturated carbocycles. The van der Waals surface area contributed by atoms with Gasteiger partial charge in [0.1, 0.15) is 0 Å². The molecule has 0 radical (unpaired) electrons. The van der Waals surface area contributed by atoms with Crippen molar-refractivity contribution in [2.45, 2.75) is 31.4 Å². The molecule has 1 aromatic carbocycles. The first-order valence-corrected chi connectivity index (χ1v) is 6.93. The second kappa shape index (κ2) is 5.25. The van der Waals surface area contributed by atoms with Crippen molar-refractivity contribution in [1.29, 1.82) is 0 Å². The molecular weight excluding hydrogens is 258 g/mol. The minimum atomic E-state index is -1.01.